The van der Waals surface area contributed by atoms with Crippen LogP contribution in [0.3, 0.4) is 0 Å². The van der Waals surface area contributed by atoms with Gasteiger partial charge in [-0.25, -0.2) is 9.97 Å². The molecular weight excluding hydrogens is 320 g/mol. The van der Waals surface area contributed by atoms with Crippen LogP contribution in [-0.2, 0) is 0 Å². The van der Waals surface area contributed by atoms with Crippen LogP contribution in [0.2, 0.25) is 0 Å². The number of nitrogens with one attached hydrogen (secondary N) is 1. The molecule has 0 spiro atoms. The molecule has 6 heteroatoms. The molecule has 0 bridgehead atoms. The van der Waals surface area contributed by atoms with Gasteiger partial charge in [0, 0.05) is 17.6 Å². The molecule has 120 valence electrons. The number of anilines is 1. The van der Waals surface area contributed by atoms with Crippen LogP contribution >= 0.6 is 11.3 Å². The maximum Gasteiger partial charge on any atom is 0.261 e. The summed E-state index contributed by atoms with van der Waals surface area (Å²) in [5, 5.41) is 3.50. The van der Waals surface area contributed by atoms with Crippen molar-refractivity contribution in [2.24, 2.45) is 0 Å². The molecule has 1 amide bonds. The first-order valence-corrected chi connectivity index (χ1v) is 8.47. The molecule has 1 aromatic carbocycles. The number of rotatable bonds is 2. The van der Waals surface area contributed by atoms with E-state index in [0.29, 0.717) is 16.3 Å². The second-order valence-corrected chi connectivity index (χ2v) is 6.94. The quantitative estimate of drug-likeness (QED) is 0.599. The molecule has 4 aromatic rings. The maximum absolute atomic E-state index is 12.7. The molecule has 0 saturated carbocycles. The minimum atomic E-state index is -0.189. The Bertz CT molecular complexity index is 1090. The third-order valence-corrected chi connectivity index (χ3v) is 4.88. The summed E-state index contributed by atoms with van der Waals surface area (Å²) in [5.41, 5.74) is 5.24. The summed E-state index contributed by atoms with van der Waals surface area (Å²) in [5.74, 6) is -0.189. The van der Waals surface area contributed by atoms with E-state index in [-0.39, 0.29) is 5.91 Å². The Hall–Kier alpha value is -2.73. The van der Waals surface area contributed by atoms with Gasteiger partial charge < -0.3 is 4.40 Å². The fraction of sp³-hybridized carbons (Fsp3) is 0.167. The number of amides is 1. The van der Waals surface area contributed by atoms with E-state index in [2.05, 4.69) is 21.4 Å². The van der Waals surface area contributed by atoms with Gasteiger partial charge in [0.1, 0.15) is 5.65 Å². The highest BCUT2D eigenvalue weighted by Gasteiger charge is 2.16. The zero-order valence-corrected chi connectivity index (χ0v) is 14.4. The number of carbonyl (C=O) groups is 1. The predicted molar refractivity (Wildman–Crippen MR) is 97.0 cm³/mol. The molecular formula is C18H16N4OS. The Morgan fingerprint density at radius 3 is 2.79 bits per heavy atom. The molecule has 0 atom stereocenters. The molecule has 0 fully saturated rings. The van der Waals surface area contributed by atoms with Crippen molar-refractivity contribution in [3.8, 4) is 0 Å². The summed E-state index contributed by atoms with van der Waals surface area (Å²) in [6.45, 7) is 5.97. The van der Waals surface area contributed by atoms with Crippen molar-refractivity contribution in [1.82, 2.24) is 14.4 Å². The van der Waals surface area contributed by atoms with Gasteiger partial charge in [-0.15, -0.1) is 0 Å². The lowest BCUT2D eigenvalue weighted by molar-refractivity contribution is 0.102. The van der Waals surface area contributed by atoms with Crippen molar-refractivity contribution in [2.45, 2.75) is 20.8 Å². The zero-order chi connectivity index (χ0) is 16.8. The van der Waals surface area contributed by atoms with Crippen molar-refractivity contribution in [3.63, 3.8) is 0 Å². The van der Waals surface area contributed by atoms with Crippen molar-refractivity contribution < 1.29 is 4.79 Å². The van der Waals surface area contributed by atoms with Gasteiger partial charge in [-0.1, -0.05) is 17.4 Å². The Balaban J connectivity index is 1.70. The largest absolute Gasteiger partial charge is 0.305 e. The van der Waals surface area contributed by atoms with Crippen molar-refractivity contribution in [1.29, 1.82) is 0 Å². The number of thiazole rings is 1. The van der Waals surface area contributed by atoms with Gasteiger partial charge in [0.25, 0.3) is 5.91 Å². The molecule has 3 aromatic heterocycles. The van der Waals surface area contributed by atoms with E-state index in [1.165, 1.54) is 16.9 Å². The van der Waals surface area contributed by atoms with Crippen molar-refractivity contribution >= 4 is 38.2 Å². The number of carbonyl (C=O) groups excluding carboxylic acids is 1. The van der Waals surface area contributed by atoms with Gasteiger partial charge in [0.2, 0.25) is 0 Å². The molecule has 0 aliphatic rings. The minimum absolute atomic E-state index is 0.189. The zero-order valence-electron chi connectivity index (χ0n) is 13.6. The highest BCUT2D eigenvalue weighted by Crippen LogP contribution is 2.27. The highest BCUT2D eigenvalue weighted by molar-refractivity contribution is 7.22. The van der Waals surface area contributed by atoms with Crippen LogP contribution in [0.25, 0.3) is 15.9 Å². The number of hydrogen-bond donors (Lipinski definition) is 1. The minimum Gasteiger partial charge on any atom is -0.305 e. The molecule has 0 saturated heterocycles. The average molecular weight is 336 g/mol. The first kappa shape index (κ1) is 14.8. The Labute approximate surface area is 143 Å². The number of fused-ring (bicyclic) bond motifs is 2. The normalized spacial score (nSPS) is 11.3. The van der Waals surface area contributed by atoms with E-state index in [0.717, 1.165) is 21.6 Å². The molecule has 0 aliphatic heterocycles. The first-order valence-electron chi connectivity index (χ1n) is 7.65. The number of benzene rings is 1. The SMILES string of the molecule is Cc1ccc2nc(NC(=O)c3ccn4c(C)cc(C)nc34)sc2c1. The van der Waals surface area contributed by atoms with Crippen LogP contribution in [0, 0.1) is 20.8 Å². The van der Waals surface area contributed by atoms with Gasteiger partial charge >= 0.3 is 0 Å². The third-order valence-electron chi connectivity index (χ3n) is 3.95. The van der Waals surface area contributed by atoms with E-state index in [4.69, 9.17) is 0 Å². The number of hydrogen-bond acceptors (Lipinski definition) is 4. The Morgan fingerprint density at radius 1 is 1.12 bits per heavy atom. The molecule has 4 rings (SSSR count). The molecule has 5 nitrogen and oxygen atoms in total. The molecule has 0 unspecified atom stereocenters. The van der Waals surface area contributed by atoms with Crippen LogP contribution in [0.1, 0.15) is 27.3 Å². The summed E-state index contributed by atoms with van der Waals surface area (Å²) in [7, 11) is 0. The topological polar surface area (TPSA) is 59.3 Å². The smallest absolute Gasteiger partial charge is 0.261 e. The lowest BCUT2D eigenvalue weighted by Gasteiger charge is -2.04. The number of aryl methyl sites for hydroxylation is 3. The average Bonchev–Trinajstić information content (AvgIpc) is 3.10. The fourth-order valence-corrected chi connectivity index (χ4v) is 3.78. The van der Waals surface area contributed by atoms with Gasteiger partial charge in [-0.05, 0) is 50.6 Å². The van der Waals surface area contributed by atoms with Gasteiger partial charge in [-0.3, -0.25) is 10.1 Å². The van der Waals surface area contributed by atoms with Crippen LogP contribution in [-0.4, -0.2) is 20.3 Å². The van der Waals surface area contributed by atoms with Crippen molar-refractivity contribution in [2.75, 3.05) is 5.32 Å². The first-order chi connectivity index (χ1) is 11.5. The van der Waals surface area contributed by atoms with Crippen LogP contribution in [0.4, 0.5) is 5.13 Å². The summed E-state index contributed by atoms with van der Waals surface area (Å²) >= 11 is 1.48. The van der Waals surface area contributed by atoms with E-state index >= 15 is 0 Å². The predicted octanol–water partition coefficient (Wildman–Crippen LogP) is 4.12. The second kappa shape index (κ2) is 5.42. The van der Waals surface area contributed by atoms with E-state index in [1.54, 1.807) is 6.07 Å². The summed E-state index contributed by atoms with van der Waals surface area (Å²) < 4.78 is 2.99. The third kappa shape index (κ3) is 2.45. The van der Waals surface area contributed by atoms with Crippen LogP contribution in [0.15, 0.2) is 36.5 Å². The molecule has 0 aliphatic carbocycles. The van der Waals surface area contributed by atoms with Crippen LogP contribution in [0.5, 0.6) is 0 Å². The van der Waals surface area contributed by atoms with Gasteiger partial charge in [0.05, 0.1) is 15.8 Å². The van der Waals surface area contributed by atoms with E-state index in [1.807, 2.05) is 49.6 Å². The lowest BCUT2D eigenvalue weighted by atomic mass is 10.2. The monoisotopic (exact) mass is 336 g/mol. The number of nitrogens with zero attached hydrogens (tertiary/aromatic N) is 3. The highest BCUT2D eigenvalue weighted by atomic mass is 32.1. The van der Waals surface area contributed by atoms with E-state index < -0.39 is 0 Å². The van der Waals surface area contributed by atoms with Crippen molar-refractivity contribution in [3.05, 3.63) is 59.0 Å². The van der Waals surface area contributed by atoms with E-state index in [9.17, 15) is 4.79 Å². The molecule has 1 N–H and O–H groups in total. The molecule has 3 heterocycles. The second-order valence-electron chi connectivity index (χ2n) is 5.91. The summed E-state index contributed by atoms with van der Waals surface area (Å²) in [4.78, 5) is 21.6. The summed E-state index contributed by atoms with van der Waals surface area (Å²) in [6.07, 6.45) is 1.87. The standard InChI is InChI=1S/C18H16N4OS/c1-10-4-5-14-15(8-10)24-18(20-14)21-17(23)13-6-7-22-12(3)9-11(2)19-16(13)22/h4-9H,1-3H3,(H,20,21,23). The fourth-order valence-electron chi connectivity index (χ4n) is 2.82. The van der Waals surface area contributed by atoms with Crippen LogP contribution < -0.4 is 5.32 Å². The lowest BCUT2D eigenvalue weighted by Crippen LogP contribution is -2.12. The Kier molecular flexibility index (Phi) is 3.35. The maximum atomic E-state index is 12.7. The van der Waals surface area contributed by atoms with Gasteiger partial charge in [-0.2, -0.15) is 0 Å². The molecule has 24 heavy (non-hydrogen) atoms. The summed E-state index contributed by atoms with van der Waals surface area (Å²) in [6, 6.07) is 9.85. The van der Waals surface area contributed by atoms with Gasteiger partial charge in [0.15, 0.2) is 5.13 Å². The number of aromatic nitrogens is 3. The Morgan fingerprint density at radius 2 is 1.96 bits per heavy atom. The molecule has 0 radical (unpaired) electrons.